The lowest BCUT2D eigenvalue weighted by Gasteiger charge is -2.11. The van der Waals surface area contributed by atoms with E-state index in [1.807, 2.05) is 0 Å². The summed E-state index contributed by atoms with van der Waals surface area (Å²) < 4.78 is 27.3. The highest BCUT2D eigenvalue weighted by Crippen LogP contribution is 2.32. The molecule has 0 unspecified atom stereocenters. The first-order valence-corrected chi connectivity index (χ1v) is 8.50. The average molecular weight is 357 g/mol. The van der Waals surface area contributed by atoms with Gasteiger partial charge in [0.05, 0.1) is 27.0 Å². The van der Waals surface area contributed by atoms with E-state index in [1.54, 1.807) is 18.2 Å². The van der Waals surface area contributed by atoms with Gasteiger partial charge in [0.15, 0.2) is 0 Å². The smallest absolute Gasteiger partial charge is 0.261 e. The van der Waals surface area contributed by atoms with E-state index in [-0.39, 0.29) is 33.0 Å². The predicted molar refractivity (Wildman–Crippen MR) is 86.0 cm³/mol. The van der Waals surface area contributed by atoms with Crippen molar-refractivity contribution in [3.8, 4) is 0 Å². The van der Waals surface area contributed by atoms with E-state index >= 15 is 0 Å². The summed E-state index contributed by atoms with van der Waals surface area (Å²) in [4.78, 5) is 11.4. The molecule has 5 nitrogen and oxygen atoms in total. The third kappa shape index (κ3) is 2.77. The van der Waals surface area contributed by atoms with Gasteiger partial charge in [-0.05, 0) is 35.9 Å². The predicted octanol–water partition coefficient (Wildman–Crippen LogP) is 3.29. The first kappa shape index (κ1) is 15.1. The topological polar surface area (TPSA) is 75.3 Å². The molecule has 0 saturated heterocycles. The van der Waals surface area contributed by atoms with Crippen molar-refractivity contribution in [2.75, 3.05) is 10.0 Å². The van der Waals surface area contributed by atoms with Crippen molar-refractivity contribution >= 4 is 50.5 Å². The molecule has 0 aliphatic carbocycles. The van der Waals surface area contributed by atoms with Crippen molar-refractivity contribution in [1.29, 1.82) is 0 Å². The van der Waals surface area contributed by atoms with Crippen LogP contribution in [0.1, 0.15) is 5.56 Å². The number of amides is 1. The molecule has 3 rings (SSSR count). The Kier molecular flexibility index (Phi) is 3.76. The van der Waals surface area contributed by atoms with E-state index in [2.05, 4.69) is 10.0 Å². The Hall–Kier alpha value is -1.76. The van der Waals surface area contributed by atoms with E-state index < -0.39 is 10.0 Å². The highest BCUT2D eigenvalue weighted by atomic mass is 35.5. The fraction of sp³-hybridized carbons (Fsp3) is 0.0714. The van der Waals surface area contributed by atoms with Gasteiger partial charge in [0.2, 0.25) is 5.91 Å². The molecule has 0 atom stereocenters. The number of sulfonamides is 1. The second-order valence-corrected chi connectivity index (χ2v) is 7.22. The van der Waals surface area contributed by atoms with Crippen molar-refractivity contribution in [1.82, 2.24) is 0 Å². The standard InChI is InChI=1S/C14H10Cl2N2O3S/c15-10-2-1-3-12(14(10)16)18-22(20,21)9-4-5-11-8(6-9)7-13(19)17-11/h1-6,18H,7H2,(H,17,19). The number of carbonyl (C=O) groups excluding carboxylic acids is 1. The van der Waals surface area contributed by atoms with E-state index in [9.17, 15) is 13.2 Å². The number of halogens is 2. The minimum atomic E-state index is -3.82. The lowest BCUT2D eigenvalue weighted by Crippen LogP contribution is -2.13. The third-order valence-corrected chi connectivity index (χ3v) is 5.39. The maximum absolute atomic E-state index is 12.4. The number of carbonyl (C=O) groups is 1. The molecule has 0 aromatic heterocycles. The van der Waals surface area contributed by atoms with Gasteiger partial charge < -0.3 is 5.32 Å². The minimum Gasteiger partial charge on any atom is -0.326 e. The molecule has 0 spiro atoms. The van der Waals surface area contributed by atoms with Gasteiger partial charge in [0.25, 0.3) is 10.0 Å². The van der Waals surface area contributed by atoms with Gasteiger partial charge in [-0.1, -0.05) is 29.3 Å². The number of nitrogens with one attached hydrogen (secondary N) is 2. The molecule has 0 fully saturated rings. The molecule has 2 aromatic carbocycles. The van der Waals surface area contributed by atoms with Crippen molar-refractivity contribution < 1.29 is 13.2 Å². The summed E-state index contributed by atoms with van der Waals surface area (Å²) in [5, 5.41) is 3.04. The monoisotopic (exact) mass is 356 g/mol. The normalized spacial score (nSPS) is 13.6. The summed E-state index contributed by atoms with van der Waals surface area (Å²) in [5.41, 5.74) is 1.47. The second-order valence-electron chi connectivity index (χ2n) is 4.75. The largest absolute Gasteiger partial charge is 0.326 e. The van der Waals surface area contributed by atoms with Crippen LogP contribution in [-0.2, 0) is 21.2 Å². The Morgan fingerprint density at radius 3 is 2.68 bits per heavy atom. The maximum Gasteiger partial charge on any atom is 0.261 e. The molecule has 22 heavy (non-hydrogen) atoms. The van der Waals surface area contributed by atoms with Crippen LogP contribution in [0, 0.1) is 0 Å². The highest BCUT2D eigenvalue weighted by molar-refractivity contribution is 7.92. The molecule has 8 heteroatoms. The number of hydrogen-bond acceptors (Lipinski definition) is 3. The summed E-state index contributed by atoms with van der Waals surface area (Å²) in [5.74, 6) is -0.157. The average Bonchev–Trinajstić information content (AvgIpc) is 2.82. The van der Waals surface area contributed by atoms with Gasteiger partial charge in [0, 0.05) is 5.69 Å². The van der Waals surface area contributed by atoms with Gasteiger partial charge in [-0.2, -0.15) is 0 Å². The second kappa shape index (κ2) is 5.46. The lowest BCUT2D eigenvalue weighted by atomic mass is 10.2. The third-order valence-electron chi connectivity index (χ3n) is 3.21. The molecule has 1 aliphatic heterocycles. The minimum absolute atomic E-state index is 0.0544. The Labute approximate surface area is 137 Å². The van der Waals surface area contributed by atoms with Gasteiger partial charge in [-0.25, -0.2) is 8.42 Å². The van der Waals surface area contributed by atoms with Crippen molar-refractivity contribution in [3.05, 3.63) is 52.0 Å². The van der Waals surface area contributed by atoms with Crippen LogP contribution < -0.4 is 10.0 Å². The quantitative estimate of drug-likeness (QED) is 0.885. The zero-order chi connectivity index (χ0) is 15.9. The van der Waals surface area contributed by atoms with Crippen LogP contribution in [0.3, 0.4) is 0 Å². The number of anilines is 2. The van der Waals surface area contributed by atoms with Crippen molar-refractivity contribution in [2.24, 2.45) is 0 Å². The zero-order valence-corrected chi connectivity index (χ0v) is 13.4. The first-order valence-electron chi connectivity index (χ1n) is 6.26. The van der Waals surface area contributed by atoms with E-state index in [4.69, 9.17) is 23.2 Å². The summed E-state index contributed by atoms with van der Waals surface area (Å²) in [7, 11) is -3.82. The molecule has 114 valence electrons. The van der Waals surface area contributed by atoms with Gasteiger partial charge in [0.1, 0.15) is 0 Å². The highest BCUT2D eigenvalue weighted by Gasteiger charge is 2.22. The molecule has 0 bridgehead atoms. The summed E-state index contributed by atoms with van der Waals surface area (Å²) in [6, 6.07) is 9.13. The molecule has 2 aromatic rings. The van der Waals surface area contributed by atoms with E-state index in [1.165, 1.54) is 18.2 Å². The lowest BCUT2D eigenvalue weighted by molar-refractivity contribution is -0.115. The first-order chi connectivity index (χ1) is 10.4. The molecule has 1 aliphatic rings. The van der Waals surface area contributed by atoms with Crippen molar-refractivity contribution in [3.63, 3.8) is 0 Å². The summed E-state index contributed by atoms with van der Waals surface area (Å²) in [6.07, 6.45) is 0.163. The summed E-state index contributed by atoms with van der Waals surface area (Å²) >= 11 is 11.9. The van der Waals surface area contributed by atoms with Crippen LogP contribution in [-0.4, -0.2) is 14.3 Å². The van der Waals surface area contributed by atoms with Gasteiger partial charge in [-0.3, -0.25) is 9.52 Å². The van der Waals surface area contributed by atoms with E-state index in [0.717, 1.165) is 0 Å². The molecule has 1 heterocycles. The van der Waals surface area contributed by atoms with Crippen LogP contribution in [0.2, 0.25) is 10.0 Å². The van der Waals surface area contributed by atoms with Crippen LogP contribution in [0.5, 0.6) is 0 Å². The molecule has 1 amide bonds. The molecular formula is C14H10Cl2N2O3S. The van der Waals surface area contributed by atoms with Gasteiger partial charge in [-0.15, -0.1) is 0 Å². The summed E-state index contributed by atoms with van der Waals surface area (Å²) in [6.45, 7) is 0. The number of fused-ring (bicyclic) bond motifs is 1. The van der Waals surface area contributed by atoms with Crippen molar-refractivity contribution in [2.45, 2.75) is 11.3 Å². The fourth-order valence-electron chi connectivity index (χ4n) is 2.16. The Bertz CT molecular complexity index is 882. The fourth-order valence-corrected chi connectivity index (χ4v) is 3.68. The zero-order valence-electron chi connectivity index (χ0n) is 11.1. The van der Waals surface area contributed by atoms with E-state index in [0.29, 0.717) is 11.3 Å². The molecule has 2 N–H and O–H groups in total. The van der Waals surface area contributed by atoms with Crippen LogP contribution >= 0.6 is 23.2 Å². The molecule has 0 radical (unpaired) electrons. The Morgan fingerprint density at radius 2 is 1.91 bits per heavy atom. The molecule has 0 saturated carbocycles. The molecular weight excluding hydrogens is 347 g/mol. The number of hydrogen-bond donors (Lipinski definition) is 2. The van der Waals surface area contributed by atoms with Crippen LogP contribution in [0.25, 0.3) is 0 Å². The Morgan fingerprint density at radius 1 is 1.14 bits per heavy atom. The van der Waals surface area contributed by atoms with Gasteiger partial charge >= 0.3 is 0 Å². The number of benzene rings is 2. The maximum atomic E-state index is 12.4. The van der Waals surface area contributed by atoms with Crippen LogP contribution in [0.15, 0.2) is 41.3 Å². The number of rotatable bonds is 3. The Balaban J connectivity index is 1.96. The SMILES string of the molecule is O=C1Cc2cc(S(=O)(=O)Nc3cccc(Cl)c3Cl)ccc2N1. The van der Waals surface area contributed by atoms with Crippen LogP contribution in [0.4, 0.5) is 11.4 Å².